The van der Waals surface area contributed by atoms with Crippen LogP contribution in [0.25, 0.3) is 16.6 Å². The Kier molecular flexibility index (Phi) is 4.23. The van der Waals surface area contributed by atoms with Crippen LogP contribution in [0.2, 0.25) is 0 Å². The molecule has 2 N–H and O–H groups in total. The number of carbonyl (C=O) groups excluding carboxylic acids is 1. The number of benzene rings is 2. The highest BCUT2D eigenvalue weighted by atomic mass is 16.1. The lowest BCUT2D eigenvalue weighted by molar-refractivity contribution is 0.0951. The summed E-state index contributed by atoms with van der Waals surface area (Å²) >= 11 is 0. The quantitative estimate of drug-likeness (QED) is 0.583. The summed E-state index contributed by atoms with van der Waals surface area (Å²) in [6.07, 6.45) is 4.33. The summed E-state index contributed by atoms with van der Waals surface area (Å²) < 4.78 is 1.87. The van der Waals surface area contributed by atoms with E-state index < -0.39 is 0 Å². The zero-order chi connectivity index (χ0) is 17.9. The van der Waals surface area contributed by atoms with Crippen LogP contribution in [0.5, 0.6) is 0 Å². The first-order valence-electron chi connectivity index (χ1n) is 8.59. The number of fused-ring (bicyclic) bond motifs is 1. The molecule has 0 bridgehead atoms. The van der Waals surface area contributed by atoms with E-state index in [2.05, 4.69) is 33.5 Å². The Morgan fingerprint density at radius 2 is 2.00 bits per heavy atom. The summed E-state index contributed by atoms with van der Waals surface area (Å²) in [5.74, 6) is 0.547. The summed E-state index contributed by atoms with van der Waals surface area (Å²) in [6.45, 7) is 2.40. The topological polar surface area (TPSA) is 75.6 Å². The van der Waals surface area contributed by atoms with Crippen LogP contribution in [0.15, 0.2) is 61.1 Å². The van der Waals surface area contributed by atoms with Crippen molar-refractivity contribution in [1.82, 2.24) is 25.1 Å². The fourth-order valence-corrected chi connectivity index (χ4v) is 3.14. The van der Waals surface area contributed by atoms with Gasteiger partial charge in [0.1, 0.15) is 6.33 Å². The Hall–Kier alpha value is -3.41. The number of aromatic nitrogens is 4. The van der Waals surface area contributed by atoms with Crippen LogP contribution in [0, 0.1) is 0 Å². The predicted octanol–water partition coefficient (Wildman–Crippen LogP) is 3.24. The number of hydrogen-bond donors (Lipinski definition) is 2. The Balaban J connectivity index is 1.55. The molecule has 0 radical (unpaired) electrons. The minimum absolute atomic E-state index is 0.132. The molecule has 0 fully saturated rings. The van der Waals surface area contributed by atoms with Crippen molar-refractivity contribution in [3.05, 3.63) is 78.0 Å². The van der Waals surface area contributed by atoms with Gasteiger partial charge in [0.15, 0.2) is 5.82 Å². The predicted molar refractivity (Wildman–Crippen MR) is 100 cm³/mol. The number of para-hydroxylation sites is 2. The maximum Gasteiger partial charge on any atom is 0.253 e. The number of nitrogens with zero attached hydrogens (tertiary/aromatic N) is 3. The molecule has 4 rings (SSSR count). The summed E-state index contributed by atoms with van der Waals surface area (Å²) in [5.41, 5.74) is 3.82. The van der Waals surface area contributed by atoms with Crippen molar-refractivity contribution < 1.29 is 4.79 Å². The Morgan fingerprint density at radius 1 is 1.15 bits per heavy atom. The van der Waals surface area contributed by atoms with E-state index in [0.29, 0.717) is 17.9 Å². The first kappa shape index (κ1) is 16.1. The van der Waals surface area contributed by atoms with E-state index in [-0.39, 0.29) is 5.91 Å². The average Bonchev–Trinajstić information content (AvgIpc) is 3.33. The van der Waals surface area contributed by atoms with E-state index in [9.17, 15) is 4.79 Å². The molecule has 0 saturated heterocycles. The number of aryl methyl sites for hydroxylation is 1. The molecule has 2 heterocycles. The van der Waals surface area contributed by atoms with E-state index >= 15 is 0 Å². The minimum atomic E-state index is -0.132. The van der Waals surface area contributed by atoms with Gasteiger partial charge >= 0.3 is 0 Å². The molecule has 0 aliphatic rings. The number of rotatable bonds is 5. The normalized spacial score (nSPS) is 11.0. The molecule has 6 heteroatoms. The first-order chi connectivity index (χ1) is 12.8. The van der Waals surface area contributed by atoms with Gasteiger partial charge in [-0.3, -0.25) is 9.36 Å². The molecule has 0 unspecified atom stereocenters. The van der Waals surface area contributed by atoms with Gasteiger partial charge in [-0.2, -0.15) is 0 Å². The largest absolute Gasteiger partial charge is 0.360 e. The third kappa shape index (κ3) is 2.86. The molecule has 0 spiro atoms. The van der Waals surface area contributed by atoms with E-state index in [4.69, 9.17) is 0 Å². The molecular weight excluding hydrogens is 326 g/mol. The van der Waals surface area contributed by atoms with Crippen LogP contribution in [0.1, 0.15) is 28.7 Å². The molecule has 1 amide bonds. The Morgan fingerprint density at radius 3 is 2.81 bits per heavy atom. The van der Waals surface area contributed by atoms with Gasteiger partial charge in [-0.1, -0.05) is 43.3 Å². The van der Waals surface area contributed by atoms with E-state index in [1.54, 1.807) is 12.5 Å². The van der Waals surface area contributed by atoms with E-state index in [0.717, 1.165) is 23.0 Å². The second-order valence-corrected chi connectivity index (χ2v) is 6.03. The van der Waals surface area contributed by atoms with Gasteiger partial charge in [-0.05, 0) is 24.1 Å². The minimum Gasteiger partial charge on any atom is -0.360 e. The molecule has 0 aliphatic heterocycles. The maximum atomic E-state index is 12.7. The third-order valence-electron chi connectivity index (χ3n) is 4.49. The van der Waals surface area contributed by atoms with Crippen LogP contribution in [-0.2, 0) is 13.0 Å². The zero-order valence-corrected chi connectivity index (χ0v) is 14.4. The lowest BCUT2D eigenvalue weighted by Crippen LogP contribution is -2.24. The van der Waals surface area contributed by atoms with Gasteiger partial charge in [0, 0.05) is 22.8 Å². The molecule has 4 aromatic rings. The van der Waals surface area contributed by atoms with Gasteiger partial charge in [0.2, 0.25) is 0 Å². The molecule has 2 aromatic carbocycles. The van der Waals surface area contributed by atoms with Crippen LogP contribution in [0.3, 0.4) is 0 Å². The molecule has 0 saturated carbocycles. The smallest absolute Gasteiger partial charge is 0.253 e. The van der Waals surface area contributed by atoms with Crippen molar-refractivity contribution in [2.45, 2.75) is 19.9 Å². The molecule has 2 aromatic heterocycles. The van der Waals surface area contributed by atoms with Gasteiger partial charge in [-0.15, -0.1) is 10.2 Å². The highest BCUT2D eigenvalue weighted by Crippen LogP contribution is 2.22. The molecule has 130 valence electrons. The highest BCUT2D eigenvalue weighted by Gasteiger charge is 2.14. The SMILES string of the molecule is CCc1cccc2c(C(=O)NCc3nncn3-c3ccccc3)c[nH]c12. The van der Waals surface area contributed by atoms with Crippen molar-refractivity contribution in [2.24, 2.45) is 0 Å². The van der Waals surface area contributed by atoms with E-state index in [1.807, 2.05) is 47.0 Å². The summed E-state index contributed by atoms with van der Waals surface area (Å²) in [6, 6.07) is 15.8. The van der Waals surface area contributed by atoms with Gasteiger partial charge in [0.05, 0.1) is 12.1 Å². The van der Waals surface area contributed by atoms with Crippen LogP contribution in [-0.4, -0.2) is 25.7 Å². The van der Waals surface area contributed by atoms with Crippen molar-refractivity contribution in [2.75, 3.05) is 0 Å². The van der Waals surface area contributed by atoms with E-state index in [1.165, 1.54) is 5.56 Å². The summed E-state index contributed by atoms with van der Waals surface area (Å²) in [7, 11) is 0. The van der Waals surface area contributed by atoms with Gasteiger partial charge < -0.3 is 10.3 Å². The molecule has 26 heavy (non-hydrogen) atoms. The number of aromatic amines is 1. The maximum absolute atomic E-state index is 12.7. The first-order valence-corrected chi connectivity index (χ1v) is 8.59. The van der Waals surface area contributed by atoms with Gasteiger partial charge in [0.25, 0.3) is 5.91 Å². The van der Waals surface area contributed by atoms with Crippen molar-refractivity contribution >= 4 is 16.8 Å². The van der Waals surface area contributed by atoms with Crippen LogP contribution in [0.4, 0.5) is 0 Å². The fourth-order valence-electron chi connectivity index (χ4n) is 3.14. The van der Waals surface area contributed by atoms with Gasteiger partial charge in [-0.25, -0.2) is 0 Å². The lowest BCUT2D eigenvalue weighted by atomic mass is 10.1. The Bertz CT molecular complexity index is 1050. The Labute approximate surface area is 150 Å². The molecule has 6 nitrogen and oxygen atoms in total. The second-order valence-electron chi connectivity index (χ2n) is 6.03. The number of H-pyrrole nitrogens is 1. The second kappa shape index (κ2) is 6.84. The average molecular weight is 345 g/mol. The van der Waals surface area contributed by atoms with Crippen molar-refractivity contribution in [1.29, 1.82) is 0 Å². The fraction of sp³-hybridized carbons (Fsp3) is 0.150. The lowest BCUT2D eigenvalue weighted by Gasteiger charge is -2.07. The third-order valence-corrected chi connectivity index (χ3v) is 4.49. The highest BCUT2D eigenvalue weighted by molar-refractivity contribution is 6.07. The zero-order valence-electron chi connectivity index (χ0n) is 14.4. The molecular formula is C20H19N5O. The standard InChI is InChI=1S/C20H19N5O/c1-2-14-7-6-10-16-17(11-21-19(14)16)20(26)22-12-18-24-23-13-25(18)15-8-4-3-5-9-15/h3-11,13,21H,2,12H2,1H3,(H,22,26). The number of hydrogen-bond acceptors (Lipinski definition) is 3. The number of amides is 1. The number of nitrogens with one attached hydrogen (secondary N) is 2. The summed E-state index contributed by atoms with van der Waals surface area (Å²) in [4.78, 5) is 15.9. The van der Waals surface area contributed by atoms with Crippen molar-refractivity contribution in [3.63, 3.8) is 0 Å². The molecule has 0 atom stereocenters. The molecule has 0 aliphatic carbocycles. The van der Waals surface area contributed by atoms with Crippen molar-refractivity contribution in [3.8, 4) is 5.69 Å². The monoisotopic (exact) mass is 345 g/mol. The summed E-state index contributed by atoms with van der Waals surface area (Å²) in [5, 5.41) is 12.0. The number of carbonyl (C=O) groups is 1. The van der Waals surface area contributed by atoms with Crippen LogP contribution < -0.4 is 5.32 Å². The van der Waals surface area contributed by atoms with Crippen LogP contribution >= 0.6 is 0 Å².